The van der Waals surface area contributed by atoms with E-state index in [4.69, 9.17) is 11.6 Å². The second-order valence-corrected chi connectivity index (χ2v) is 9.95. The van der Waals surface area contributed by atoms with E-state index in [-0.39, 0.29) is 11.5 Å². The number of benzene rings is 3. The van der Waals surface area contributed by atoms with Crippen LogP contribution in [0.3, 0.4) is 0 Å². The normalized spacial score (nSPS) is 13.9. The number of aryl methyl sites for hydroxylation is 1. The van der Waals surface area contributed by atoms with Crippen LogP contribution in [0.1, 0.15) is 47.7 Å². The fraction of sp³-hybridized carbons (Fsp3) is 0.258. The van der Waals surface area contributed by atoms with Gasteiger partial charge in [-0.25, -0.2) is 13.2 Å². The summed E-state index contributed by atoms with van der Waals surface area (Å²) in [5.41, 5.74) is 1.79. The Morgan fingerprint density at radius 2 is 1.57 bits per heavy atom. The molecule has 1 N–H and O–H groups in total. The zero-order valence-electron chi connectivity index (χ0n) is 20.7. The predicted octanol–water partition coefficient (Wildman–Crippen LogP) is 8.16. The van der Waals surface area contributed by atoms with Crippen molar-refractivity contribution in [2.75, 3.05) is 6.54 Å². The summed E-state index contributed by atoms with van der Waals surface area (Å²) in [5, 5.41) is 4.11. The number of pyridine rings is 1. The average molecular weight is 523 g/mol. The maximum atomic E-state index is 14.7. The number of nitrogens with one attached hydrogen (secondary N) is 1. The van der Waals surface area contributed by atoms with Crippen LogP contribution in [-0.4, -0.2) is 11.5 Å². The molecule has 4 aromatic rings. The number of hydrogen-bond acceptors (Lipinski definition) is 2. The minimum absolute atomic E-state index is 0.255. The lowest BCUT2D eigenvalue weighted by atomic mass is 9.79. The topological polar surface area (TPSA) is 24.9 Å². The van der Waals surface area contributed by atoms with Gasteiger partial charge in [0.25, 0.3) is 6.43 Å². The summed E-state index contributed by atoms with van der Waals surface area (Å²) in [6, 6.07) is 27.1. The molecule has 0 aliphatic rings. The molecule has 1 aromatic heterocycles. The highest BCUT2D eigenvalue weighted by Gasteiger charge is 2.37. The van der Waals surface area contributed by atoms with Crippen LogP contribution in [0.25, 0.3) is 0 Å². The van der Waals surface area contributed by atoms with Crippen molar-refractivity contribution in [1.82, 2.24) is 10.3 Å². The van der Waals surface area contributed by atoms with E-state index in [1.807, 2.05) is 48.5 Å². The molecule has 0 aliphatic carbocycles. The third kappa shape index (κ3) is 7.00. The van der Waals surface area contributed by atoms with Gasteiger partial charge in [0.2, 0.25) is 0 Å². The van der Waals surface area contributed by atoms with Gasteiger partial charge in [0.05, 0.1) is 16.3 Å². The Labute approximate surface area is 221 Å². The average Bonchev–Trinajstić information content (AvgIpc) is 2.91. The van der Waals surface area contributed by atoms with E-state index in [9.17, 15) is 13.2 Å². The fourth-order valence-corrected chi connectivity index (χ4v) is 4.73. The molecular weight excluding hydrogens is 493 g/mol. The second kappa shape index (κ2) is 12.4. The second-order valence-electron chi connectivity index (χ2n) is 9.51. The van der Waals surface area contributed by atoms with E-state index in [0.717, 1.165) is 24.5 Å². The monoisotopic (exact) mass is 522 g/mol. The van der Waals surface area contributed by atoms with Gasteiger partial charge in [0.15, 0.2) is 0 Å². The van der Waals surface area contributed by atoms with Crippen LogP contribution in [0, 0.1) is 11.7 Å². The Balaban J connectivity index is 1.74. The molecule has 1 heterocycles. The zero-order valence-corrected chi connectivity index (χ0v) is 21.4. The van der Waals surface area contributed by atoms with E-state index in [1.165, 1.54) is 23.9 Å². The summed E-state index contributed by atoms with van der Waals surface area (Å²) in [6.07, 6.45) is 0.971. The van der Waals surface area contributed by atoms with Gasteiger partial charge in [-0.3, -0.25) is 4.98 Å². The molecule has 0 radical (unpaired) electrons. The zero-order chi connectivity index (χ0) is 26.3. The molecule has 1 unspecified atom stereocenters. The molecule has 2 atom stereocenters. The Hall–Kier alpha value is -3.15. The molecule has 6 heteroatoms. The first-order valence-corrected chi connectivity index (χ1v) is 12.8. The van der Waals surface area contributed by atoms with Crippen molar-refractivity contribution in [3.05, 3.63) is 136 Å². The highest BCUT2D eigenvalue weighted by Crippen LogP contribution is 2.36. The fourth-order valence-electron chi connectivity index (χ4n) is 4.62. The quantitative estimate of drug-likeness (QED) is 0.215. The first-order valence-electron chi connectivity index (χ1n) is 12.4. The minimum atomic E-state index is -2.80. The van der Waals surface area contributed by atoms with E-state index in [2.05, 4.69) is 29.4 Å². The lowest BCUT2D eigenvalue weighted by Crippen LogP contribution is -2.48. The molecular formula is C31H30ClF3N2. The van der Waals surface area contributed by atoms with Crippen LogP contribution in [0.2, 0.25) is 5.02 Å². The molecule has 2 nitrogen and oxygen atoms in total. The van der Waals surface area contributed by atoms with E-state index >= 15 is 0 Å². The number of rotatable bonds is 11. The van der Waals surface area contributed by atoms with Gasteiger partial charge in [-0.15, -0.1) is 0 Å². The molecule has 0 saturated heterocycles. The third-order valence-electron chi connectivity index (χ3n) is 6.66. The first kappa shape index (κ1) is 26.9. The number of halogens is 4. The van der Waals surface area contributed by atoms with Gasteiger partial charge < -0.3 is 5.32 Å². The van der Waals surface area contributed by atoms with Crippen LogP contribution >= 0.6 is 11.6 Å². The minimum Gasteiger partial charge on any atom is -0.302 e. The van der Waals surface area contributed by atoms with Crippen LogP contribution in [-0.2, 0) is 18.4 Å². The number of aromatic nitrogens is 1. The van der Waals surface area contributed by atoms with E-state index in [1.54, 1.807) is 12.1 Å². The van der Waals surface area contributed by atoms with Gasteiger partial charge in [0.1, 0.15) is 5.82 Å². The summed E-state index contributed by atoms with van der Waals surface area (Å²) in [6.45, 7) is 2.72. The molecule has 0 aliphatic heterocycles. The Bertz CT molecular complexity index is 1270. The highest BCUT2D eigenvalue weighted by atomic mass is 35.5. The van der Waals surface area contributed by atoms with E-state index in [0.29, 0.717) is 29.2 Å². The first-order chi connectivity index (χ1) is 17.9. The number of alkyl halides is 2. The summed E-state index contributed by atoms with van der Waals surface area (Å²) in [7, 11) is 0. The lowest BCUT2D eigenvalue weighted by Gasteiger charge is -2.37. The SMILES string of the molecule is CC(CCc1ccccc1)CN[C@@](Cc1ccccc1)(c1cc(F)cc(C(F)F)c1)c1ccc(Cl)cn1. The van der Waals surface area contributed by atoms with Crippen LogP contribution < -0.4 is 5.32 Å². The van der Waals surface area contributed by atoms with Crippen LogP contribution in [0.15, 0.2) is 97.2 Å². The molecule has 0 amide bonds. The third-order valence-corrected chi connectivity index (χ3v) is 6.89. The van der Waals surface area contributed by atoms with Gasteiger partial charge in [-0.2, -0.15) is 0 Å². The molecule has 0 fully saturated rings. The smallest absolute Gasteiger partial charge is 0.263 e. The standard InChI is InChI=1S/C31H30ClF3N2/c1-22(12-13-23-8-4-2-5-9-23)20-37-31(19-24-10-6-3-7-11-24,29-15-14-27(32)21-36-29)26-16-25(30(34)35)17-28(33)18-26/h2-11,14-18,21-22,30,37H,12-13,19-20H2,1H3/t22?,31-/m0/s1. The van der Waals surface area contributed by atoms with Crippen molar-refractivity contribution in [2.45, 2.75) is 38.2 Å². The van der Waals surface area contributed by atoms with Crippen molar-refractivity contribution in [3.63, 3.8) is 0 Å². The molecule has 0 spiro atoms. The predicted molar refractivity (Wildman–Crippen MR) is 143 cm³/mol. The van der Waals surface area contributed by atoms with Crippen molar-refractivity contribution in [3.8, 4) is 0 Å². The molecule has 37 heavy (non-hydrogen) atoms. The number of hydrogen-bond donors (Lipinski definition) is 1. The largest absolute Gasteiger partial charge is 0.302 e. The van der Waals surface area contributed by atoms with Crippen LogP contribution in [0.5, 0.6) is 0 Å². The summed E-state index contributed by atoms with van der Waals surface area (Å²) < 4.78 is 42.2. The maximum Gasteiger partial charge on any atom is 0.263 e. The number of nitrogens with zero attached hydrogens (tertiary/aromatic N) is 1. The lowest BCUT2D eigenvalue weighted by molar-refractivity contribution is 0.150. The molecule has 3 aromatic carbocycles. The van der Waals surface area contributed by atoms with E-state index < -0.39 is 17.8 Å². The van der Waals surface area contributed by atoms with Gasteiger partial charge >= 0.3 is 0 Å². The van der Waals surface area contributed by atoms with Gasteiger partial charge in [-0.1, -0.05) is 79.2 Å². The molecule has 4 rings (SSSR count). The van der Waals surface area contributed by atoms with Crippen molar-refractivity contribution >= 4 is 11.6 Å². The van der Waals surface area contributed by atoms with Crippen molar-refractivity contribution in [2.24, 2.45) is 5.92 Å². The van der Waals surface area contributed by atoms with Gasteiger partial charge in [0, 0.05) is 18.2 Å². The van der Waals surface area contributed by atoms with Crippen molar-refractivity contribution in [1.29, 1.82) is 0 Å². The maximum absolute atomic E-state index is 14.7. The Kier molecular flexibility index (Phi) is 9.01. The van der Waals surface area contributed by atoms with Crippen molar-refractivity contribution < 1.29 is 13.2 Å². The molecule has 192 valence electrons. The van der Waals surface area contributed by atoms with Crippen LogP contribution in [0.4, 0.5) is 13.2 Å². The summed E-state index contributed by atoms with van der Waals surface area (Å²) >= 11 is 6.14. The summed E-state index contributed by atoms with van der Waals surface area (Å²) in [5.74, 6) is -0.455. The Morgan fingerprint density at radius 1 is 0.892 bits per heavy atom. The molecule has 0 saturated carbocycles. The molecule has 0 bridgehead atoms. The van der Waals surface area contributed by atoms with Gasteiger partial charge in [-0.05, 0) is 72.3 Å². The summed E-state index contributed by atoms with van der Waals surface area (Å²) in [4.78, 5) is 4.59. The highest BCUT2D eigenvalue weighted by molar-refractivity contribution is 6.30. The Morgan fingerprint density at radius 3 is 2.19 bits per heavy atom.